The second-order valence-corrected chi connectivity index (χ2v) is 8.43. The third-order valence-corrected chi connectivity index (χ3v) is 6.11. The lowest BCUT2D eigenvalue weighted by atomic mass is 10.2. The molecule has 0 aliphatic carbocycles. The first-order chi connectivity index (χ1) is 14.0. The smallest absolute Gasteiger partial charge is 0.316 e. The van der Waals surface area contributed by atoms with Crippen molar-refractivity contribution in [3.05, 3.63) is 53.0 Å². The maximum Gasteiger partial charge on any atom is 0.316 e. The Bertz CT molecular complexity index is 822. The minimum absolute atomic E-state index is 0.152. The van der Waals surface area contributed by atoms with Crippen molar-refractivity contribution in [1.82, 2.24) is 4.90 Å². The average molecular weight is 479 g/mol. The number of amides is 1. The van der Waals surface area contributed by atoms with Crippen LogP contribution in [0.3, 0.4) is 0 Å². The fourth-order valence-electron chi connectivity index (χ4n) is 2.96. The van der Waals surface area contributed by atoms with E-state index in [1.807, 2.05) is 48.5 Å². The first-order valence-electron chi connectivity index (χ1n) is 9.26. The lowest BCUT2D eigenvalue weighted by molar-refractivity contribution is -0.150. The number of hydrogen-bond donors (Lipinski definition) is 0. The highest BCUT2D eigenvalue weighted by Gasteiger charge is 2.22. The SMILES string of the molecule is COc1ccc(N2CCN(C(=O)COC(=O)CSc3ccc(Br)cc3)CC2)cc1. The number of esters is 1. The molecule has 0 saturated carbocycles. The molecule has 2 aromatic carbocycles. The summed E-state index contributed by atoms with van der Waals surface area (Å²) in [6, 6.07) is 15.6. The van der Waals surface area contributed by atoms with Crippen LogP contribution < -0.4 is 9.64 Å². The number of hydrogen-bond acceptors (Lipinski definition) is 6. The van der Waals surface area contributed by atoms with Crippen LogP contribution in [-0.2, 0) is 14.3 Å². The molecule has 6 nitrogen and oxygen atoms in total. The van der Waals surface area contributed by atoms with Crippen molar-refractivity contribution in [1.29, 1.82) is 0 Å². The summed E-state index contributed by atoms with van der Waals surface area (Å²) in [7, 11) is 1.64. The Kier molecular flexibility index (Phi) is 7.83. The molecule has 0 spiro atoms. The second-order valence-electron chi connectivity index (χ2n) is 6.47. The number of carbonyl (C=O) groups is 2. The third kappa shape index (κ3) is 6.40. The molecular weight excluding hydrogens is 456 g/mol. The number of thioether (sulfide) groups is 1. The highest BCUT2D eigenvalue weighted by atomic mass is 79.9. The Hall–Kier alpha value is -2.19. The number of ether oxygens (including phenoxy) is 2. The minimum atomic E-state index is -0.386. The van der Waals surface area contributed by atoms with E-state index in [4.69, 9.17) is 9.47 Å². The summed E-state index contributed by atoms with van der Waals surface area (Å²) >= 11 is 4.76. The molecule has 0 aromatic heterocycles. The van der Waals surface area contributed by atoms with E-state index in [2.05, 4.69) is 20.8 Å². The van der Waals surface area contributed by atoms with Crippen molar-refractivity contribution in [3.63, 3.8) is 0 Å². The van der Waals surface area contributed by atoms with Crippen molar-refractivity contribution >= 4 is 45.3 Å². The van der Waals surface area contributed by atoms with Gasteiger partial charge in [-0.3, -0.25) is 9.59 Å². The van der Waals surface area contributed by atoms with Crippen LogP contribution >= 0.6 is 27.7 Å². The largest absolute Gasteiger partial charge is 0.497 e. The van der Waals surface area contributed by atoms with Gasteiger partial charge in [-0.05, 0) is 48.5 Å². The Morgan fingerprint density at radius 2 is 1.66 bits per heavy atom. The van der Waals surface area contributed by atoms with Crippen molar-refractivity contribution in [3.8, 4) is 5.75 Å². The van der Waals surface area contributed by atoms with Crippen LogP contribution in [0.15, 0.2) is 57.9 Å². The van der Waals surface area contributed by atoms with E-state index < -0.39 is 0 Å². The molecule has 0 atom stereocenters. The highest BCUT2D eigenvalue weighted by Crippen LogP contribution is 2.21. The van der Waals surface area contributed by atoms with Crippen LogP contribution in [0.25, 0.3) is 0 Å². The molecule has 1 saturated heterocycles. The van der Waals surface area contributed by atoms with E-state index in [0.717, 1.165) is 33.9 Å². The fraction of sp³-hybridized carbons (Fsp3) is 0.333. The predicted molar refractivity (Wildman–Crippen MR) is 118 cm³/mol. The van der Waals surface area contributed by atoms with Crippen LogP contribution in [0.5, 0.6) is 5.75 Å². The van der Waals surface area contributed by atoms with Crippen LogP contribution in [0.1, 0.15) is 0 Å². The number of nitrogens with zero attached hydrogens (tertiary/aromatic N) is 2. The number of anilines is 1. The van der Waals surface area contributed by atoms with Crippen molar-refractivity contribution in [2.45, 2.75) is 4.90 Å². The van der Waals surface area contributed by atoms with Gasteiger partial charge < -0.3 is 19.3 Å². The van der Waals surface area contributed by atoms with Crippen molar-refractivity contribution in [2.75, 3.05) is 50.5 Å². The number of rotatable bonds is 7. The molecule has 1 aliphatic rings. The first-order valence-corrected chi connectivity index (χ1v) is 11.0. The monoisotopic (exact) mass is 478 g/mol. The van der Waals surface area contributed by atoms with E-state index in [1.165, 1.54) is 11.8 Å². The molecule has 3 rings (SSSR count). The van der Waals surface area contributed by atoms with Crippen LogP contribution in [0, 0.1) is 0 Å². The highest BCUT2D eigenvalue weighted by molar-refractivity contribution is 9.10. The van der Waals surface area contributed by atoms with Gasteiger partial charge in [0, 0.05) is 41.2 Å². The Labute approximate surface area is 183 Å². The van der Waals surface area contributed by atoms with E-state index in [-0.39, 0.29) is 24.2 Å². The maximum atomic E-state index is 12.3. The summed E-state index contributed by atoms with van der Waals surface area (Å²) in [4.78, 5) is 29.2. The summed E-state index contributed by atoms with van der Waals surface area (Å²) in [5.74, 6) is 0.465. The van der Waals surface area contributed by atoms with Gasteiger partial charge in [-0.15, -0.1) is 11.8 Å². The molecular formula is C21H23BrN2O4S. The zero-order chi connectivity index (χ0) is 20.6. The molecule has 8 heteroatoms. The zero-order valence-corrected chi connectivity index (χ0v) is 18.6. The minimum Gasteiger partial charge on any atom is -0.497 e. The van der Waals surface area contributed by atoms with Gasteiger partial charge in [-0.1, -0.05) is 15.9 Å². The molecule has 1 amide bonds. The standard InChI is InChI=1S/C21H23BrN2O4S/c1-27-18-6-4-17(5-7-18)23-10-12-24(13-11-23)20(25)14-28-21(26)15-29-19-8-2-16(22)3-9-19/h2-9H,10-15H2,1H3. The van der Waals surface area contributed by atoms with Gasteiger partial charge in [0.2, 0.25) is 0 Å². The van der Waals surface area contributed by atoms with Gasteiger partial charge in [0.1, 0.15) is 5.75 Å². The van der Waals surface area contributed by atoms with Crippen molar-refractivity contribution < 1.29 is 19.1 Å². The molecule has 2 aromatic rings. The molecule has 0 unspecified atom stereocenters. The number of methoxy groups -OCH3 is 1. The summed E-state index contributed by atoms with van der Waals surface area (Å²) in [6.07, 6.45) is 0. The van der Waals surface area contributed by atoms with Gasteiger partial charge in [0.15, 0.2) is 6.61 Å². The van der Waals surface area contributed by atoms with E-state index in [1.54, 1.807) is 12.0 Å². The third-order valence-electron chi connectivity index (χ3n) is 4.60. The van der Waals surface area contributed by atoms with Crippen LogP contribution in [0.4, 0.5) is 5.69 Å². The molecule has 1 aliphatic heterocycles. The number of piperazine rings is 1. The lowest BCUT2D eigenvalue weighted by Gasteiger charge is -2.36. The van der Waals surface area contributed by atoms with Crippen LogP contribution in [0.2, 0.25) is 0 Å². The Morgan fingerprint density at radius 1 is 1.00 bits per heavy atom. The molecule has 1 fully saturated rings. The van der Waals surface area contributed by atoms with Gasteiger partial charge >= 0.3 is 5.97 Å². The summed E-state index contributed by atoms with van der Waals surface area (Å²) in [5.41, 5.74) is 1.11. The van der Waals surface area contributed by atoms with Crippen molar-refractivity contribution in [2.24, 2.45) is 0 Å². The summed E-state index contributed by atoms with van der Waals surface area (Å²) < 4.78 is 11.3. The van der Waals surface area contributed by atoms with E-state index in [9.17, 15) is 9.59 Å². The van der Waals surface area contributed by atoms with E-state index in [0.29, 0.717) is 13.1 Å². The van der Waals surface area contributed by atoms with Gasteiger partial charge in [0.25, 0.3) is 5.91 Å². The second kappa shape index (κ2) is 10.5. The topological polar surface area (TPSA) is 59.1 Å². The normalized spacial score (nSPS) is 13.9. The van der Waals surface area contributed by atoms with Gasteiger partial charge in [0.05, 0.1) is 12.9 Å². The predicted octanol–water partition coefficient (Wildman–Crippen LogP) is 3.44. The average Bonchev–Trinajstić information content (AvgIpc) is 2.77. The number of halogens is 1. The van der Waals surface area contributed by atoms with Gasteiger partial charge in [-0.25, -0.2) is 0 Å². The number of benzene rings is 2. The molecule has 0 bridgehead atoms. The first kappa shape index (κ1) is 21.5. The Balaban J connectivity index is 1.37. The molecule has 0 radical (unpaired) electrons. The van der Waals surface area contributed by atoms with E-state index >= 15 is 0 Å². The lowest BCUT2D eigenvalue weighted by Crippen LogP contribution is -2.49. The fourth-order valence-corrected chi connectivity index (χ4v) is 3.92. The summed E-state index contributed by atoms with van der Waals surface area (Å²) in [6.45, 7) is 2.49. The van der Waals surface area contributed by atoms with Crippen LogP contribution in [-0.4, -0.2) is 62.4 Å². The molecule has 1 heterocycles. The van der Waals surface area contributed by atoms with Gasteiger partial charge in [-0.2, -0.15) is 0 Å². The quantitative estimate of drug-likeness (QED) is 0.448. The summed E-state index contributed by atoms with van der Waals surface area (Å²) in [5, 5.41) is 0. The molecule has 29 heavy (non-hydrogen) atoms. The Morgan fingerprint density at radius 3 is 2.28 bits per heavy atom. The number of carbonyl (C=O) groups excluding carboxylic acids is 2. The molecule has 154 valence electrons. The maximum absolute atomic E-state index is 12.3. The molecule has 0 N–H and O–H groups in total. The zero-order valence-electron chi connectivity index (χ0n) is 16.2.